The summed E-state index contributed by atoms with van der Waals surface area (Å²) in [4.78, 5) is 12.0. The molecule has 1 aromatic rings. The highest BCUT2D eigenvalue weighted by Gasteiger charge is 2.24. The zero-order valence-corrected chi connectivity index (χ0v) is 10.6. The molecule has 2 rings (SSSR count). The predicted molar refractivity (Wildman–Crippen MR) is 69.0 cm³/mol. The average molecular weight is 269 g/mol. The van der Waals surface area contributed by atoms with E-state index in [0.29, 0.717) is 18.8 Å². The summed E-state index contributed by atoms with van der Waals surface area (Å²) < 4.78 is 18.9. The van der Waals surface area contributed by atoms with Crippen LogP contribution in [0, 0.1) is 15.9 Å². The van der Waals surface area contributed by atoms with E-state index in [1.54, 1.807) is 0 Å². The number of benzene rings is 1. The first-order chi connectivity index (χ1) is 9.02. The molecule has 0 amide bonds. The van der Waals surface area contributed by atoms with Crippen LogP contribution in [0.5, 0.6) is 5.75 Å². The van der Waals surface area contributed by atoms with Crippen molar-refractivity contribution in [1.82, 2.24) is 0 Å². The molecule has 0 radical (unpaired) electrons. The minimum absolute atomic E-state index is 0.0660. The second-order valence-electron chi connectivity index (χ2n) is 4.56. The highest BCUT2D eigenvalue weighted by molar-refractivity contribution is 5.60. The maximum absolute atomic E-state index is 14.0. The van der Waals surface area contributed by atoms with Crippen molar-refractivity contribution in [2.75, 3.05) is 25.1 Å². The van der Waals surface area contributed by atoms with E-state index < -0.39 is 10.7 Å². The molecule has 1 fully saturated rings. The van der Waals surface area contributed by atoms with Crippen LogP contribution in [0.25, 0.3) is 0 Å². The average Bonchev–Trinajstić information content (AvgIpc) is 2.39. The number of nitrogens with two attached hydrogens (primary N) is 1. The number of rotatable bonds is 3. The minimum atomic E-state index is -0.655. The summed E-state index contributed by atoms with van der Waals surface area (Å²) in [6.07, 6.45) is 1.55. The Morgan fingerprint density at radius 3 is 2.63 bits per heavy atom. The van der Waals surface area contributed by atoms with Gasteiger partial charge in [0.25, 0.3) is 0 Å². The standard InChI is InChI=1S/C12H16FN3O3/c1-19-12-7-10(9(13)6-11(12)16(17)18)15-4-2-8(14)3-5-15/h6-8H,2-5,14H2,1H3. The summed E-state index contributed by atoms with van der Waals surface area (Å²) in [5.74, 6) is -0.542. The molecule has 6 nitrogen and oxygen atoms in total. The molecule has 0 aliphatic carbocycles. The van der Waals surface area contributed by atoms with Crippen molar-refractivity contribution in [1.29, 1.82) is 0 Å². The fraction of sp³-hybridized carbons (Fsp3) is 0.500. The van der Waals surface area contributed by atoms with Crippen molar-refractivity contribution in [3.8, 4) is 5.75 Å². The van der Waals surface area contributed by atoms with Crippen LogP contribution < -0.4 is 15.4 Å². The third-order valence-corrected chi connectivity index (χ3v) is 3.33. The lowest BCUT2D eigenvalue weighted by molar-refractivity contribution is -0.385. The first-order valence-corrected chi connectivity index (χ1v) is 6.05. The Hall–Kier alpha value is -1.89. The van der Waals surface area contributed by atoms with Gasteiger partial charge < -0.3 is 15.4 Å². The molecule has 2 N–H and O–H groups in total. The lowest BCUT2D eigenvalue weighted by Gasteiger charge is -2.32. The predicted octanol–water partition coefficient (Wildman–Crippen LogP) is 1.67. The summed E-state index contributed by atoms with van der Waals surface area (Å²) in [5.41, 5.74) is 5.76. The van der Waals surface area contributed by atoms with Crippen LogP contribution in [-0.4, -0.2) is 31.2 Å². The number of nitro groups is 1. The van der Waals surface area contributed by atoms with Crippen LogP contribution in [0.2, 0.25) is 0 Å². The molecule has 0 spiro atoms. The molecular weight excluding hydrogens is 253 g/mol. The first-order valence-electron chi connectivity index (χ1n) is 6.05. The van der Waals surface area contributed by atoms with E-state index in [9.17, 15) is 14.5 Å². The number of methoxy groups -OCH3 is 1. The van der Waals surface area contributed by atoms with Gasteiger partial charge in [-0.25, -0.2) is 4.39 Å². The van der Waals surface area contributed by atoms with Crippen molar-refractivity contribution >= 4 is 11.4 Å². The van der Waals surface area contributed by atoms with Gasteiger partial charge in [-0.05, 0) is 12.8 Å². The van der Waals surface area contributed by atoms with Crippen LogP contribution >= 0.6 is 0 Å². The smallest absolute Gasteiger partial charge is 0.313 e. The number of nitro benzene ring substituents is 1. The summed E-state index contributed by atoms with van der Waals surface area (Å²) in [6.45, 7) is 1.28. The molecule has 104 valence electrons. The molecule has 1 aliphatic rings. The molecule has 0 unspecified atom stereocenters. The maximum Gasteiger partial charge on any atom is 0.313 e. The summed E-state index contributed by atoms with van der Waals surface area (Å²) in [7, 11) is 1.33. The highest BCUT2D eigenvalue weighted by atomic mass is 19.1. The fourth-order valence-electron chi connectivity index (χ4n) is 2.22. The van der Waals surface area contributed by atoms with Gasteiger partial charge in [0.05, 0.1) is 23.8 Å². The van der Waals surface area contributed by atoms with E-state index >= 15 is 0 Å². The molecule has 1 saturated heterocycles. The molecular formula is C12H16FN3O3. The number of halogens is 1. The number of nitrogens with zero attached hydrogens (tertiary/aromatic N) is 2. The Balaban J connectivity index is 2.33. The van der Waals surface area contributed by atoms with Crippen molar-refractivity contribution in [3.63, 3.8) is 0 Å². The number of hydrogen-bond donors (Lipinski definition) is 1. The van der Waals surface area contributed by atoms with Crippen LogP contribution in [0.3, 0.4) is 0 Å². The number of hydrogen-bond acceptors (Lipinski definition) is 5. The van der Waals surface area contributed by atoms with Gasteiger partial charge >= 0.3 is 5.69 Å². The van der Waals surface area contributed by atoms with E-state index in [-0.39, 0.29) is 17.5 Å². The lowest BCUT2D eigenvalue weighted by Crippen LogP contribution is -2.40. The first kappa shape index (κ1) is 13.5. The molecule has 7 heteroatoms. The molecule has 0 bridgehead atoms. The van der Waals surface area contributed by atoms with Gasteiger partial charge in [-0.15, -0.1) is 0 Å². The van der Waals surface area contributed by atoms with Crippen molar-refractivity contribution in [2.24, 2.45) is 5.73 Å². The van der Waals surface area contributed by atoms with Gasteiger partial charge in [-0.1, -0.05) is 0 Å². The zero-order chi connectivity index (χ0) is 14.0. The molecule has 0 saturated carbocycles. The quantitative estimate of drug-likeness (QED) is 0.666. The van der Waals surface area contributed by atoms with Crippen LogP contribution in [-0.2, 0) is 0 Å². The highest BCUT2D eigenvalue weighted by Crippen LogP contribution is 2.34. The molecule has 1 aliphatic heterocycles. The largest absolute Gasteiger partial charge is 0.490 e. The van der Waals surface area contributed by atoms with Gasteiger partial charge in [0.2, 0.25) is 0 Å². The molecule has 1 aromatic carbocycles. The maximum atomic E-state index is 14.0. The van der Waals surface area contributed by atoms with Crippen LogP contribution in [0.15, 0.2) is 12.1 Å². The van der Waals surface area contributed by atoms with Crippen LogP contribution in [0.4, 0.5) is 15.8 Å². The van der Waals surface area contributed by atoms with Crippen LogP contribution in [0.1, 0.15) is 12.8 Å². The number of ether oxygens (including phenoxy) is 1. The van der Waals surface area contributed by atoms with Gasteiger partial charge in [0, 0.05) is 25.2 Å². The SMILES string of the molecule is COc1cc(N2CCC(N)CC2)c(F)cc1[N+](=O)[O-]. The van der Waals surface area contributed by atoms with Crippen molar-refractivity contribution in [2.45, 2.75) is 18.9 Å². The van der Waals surface area contributed by atoms with E-state index in [1.165, 1.54) is 13.2 Å². The second-order valence-corrected chi connectivity index (χ2v) is 4.56. The fourth-order valence-corrected chi connectivity index (χ4v) is 2.22. The second kappa shape index (κ2) is 5.40. The normalized spacial score (nSPS) is 16.5. The minimum Gasteiger partial charge on any atom is -0.490 e. The van der Waals surface area contributed by atoms with E-state index in [2.05, 4.69) is 0 Å². The summed E-state index contributed by atoms with van der Waals surface area (Å²) in [6, 6.07) is 2.42. The molecule has 0 atom stereocenters. The Morgan fingerprint density at radius 2 is 2.11 bits per heavy atom. The van der Waals surface area contributed by atoms with Crippen molar-refractivity contribution in [3.05, 3.63) is 28.1 Å². The molecule has 19 heavy (non-hydrogen) atoms. The van der Waals surface area contributed by atoms with Gasteiger partial charge in [0.15, 0.2) is 11.6 Å². The summed E-state index contributed by atoms with van der Waals surface area (Å²) in [5, 5.41) is 10.8. The lowest BCUT2D eigenvalue weighted by atomic mass is 10.1. The Labute approximate surface area is 110 Å². The van der Waals surface area contributed by atoms with Gasteiger partial charge in [-0.3, -0.25) is 10.1 Å². The topological polar surface area (TPSA) is 81.6 Å². The zero-order valence-electron chi connectivity index (χ0n) is 10.6. The number of anilines is 1. The van der Waals surface area contributed by atoms with Gasteiger partial charge in [0.1, 0.15) is 0 Å². The van der Waals surface area contributed by atoms with E-state index in [4.69, 9.17) is 10.5 Å². The third kappa shape index (κ3) is 2.76. The van der Waals surface area contributed by atoms with Gasteiger partial charge in [-0.2, -0.15) is 0 Å². The third-order valence-electron chi connectivity index (χ3n) is 3.33. The van der Waals surface area contributed by atoms with Crippen molar-refractivity contribution < 1.29 is 14.1 Å². The van der Waals surface area contributed by atoms with E-state index in [1.807, 2.05) is 4.90 Å². The Bertz CT molecular complexity index is 487. The number of piperidine rings is 1. The summed E-state index contributed by atoms with van der Waals surface area (Å²) >= 11 is 0. The Morgan fingerprint density at radius 1 is 1.47 bits per heavy atom. The monoisotopic (exact) mass is 269 g/mol. The Kier molecular flexibility index (Phi) is 3.84. The molecule has 1 heterocycles. The van der Waals surface area contributed by atoms with E-state index in [0.717, 1.165) is 18.9 Å². The molecule has 0 aromatic heterocycles.